The van der Waals surface area contributed by atoms with E-state index in [0.29, 0.717) is 5.69 Å². The van der Waals surface area contributed by atoms with E-state index in [1.54, 1.807) is 6.20 Å². The van der Waals surface area contributed by atoms with E-state index in [1.165, 1.54) is 30.6 Å². The zero-order chi connectivity index (χ0) is 15.4. The fourth-order valence-corrected chi connectivity index (χ4v) is 2.90. The van der Waals surface area contributed by atoms with Crippen molar-refractivity contribution in [3.63, 3.8) is 0 Å². The second-order valence-corrected chi connectivity index (χ2v) is 6.56. The van der Waals surface area contributed by atoms with Crippen LogP contribution in [0.1, 0.15) is 39.2 Å². The summed E-state index contributed by atoms with van der Waals surface area (Å²) >= 11 is 6.14. The summed E-state index contributed by atoms with van der Waals surface area (Å²) in [4.78, 5) is 14.4. The molecule has 1 N–H and O–H groups in total. The predicted molar refractivity (Wildman–Crippen MR) is 87.2 cm³/mol. The molecule has 1 aliphatic heterocycles. The van der Waals surface area contributed by atoms with E-state index in [-0.39, 0.29) is 16.6 Å². The maximum absolute atomic E-state index is 12.1. The van der Waals surface area contributed by atoms with Crippen LogP contribution >= 0.6 is 11.6 Å². The van der Waals surface area contributed by atoms with Gasteiger partial charge in [-0.1, -0.05) is 11.6 Å². The SMILES string of the molecule is CC(C)n1ncc(NCCC2CCN(C)CC2)c(Cl)c1=O. The van der Waals surface area contributed by atoms with Gasteiger partial charge in [-0.3, -0.25) is 4.79 Å². The number of anilines is 1. The summed E-state index contributed by atoms with van der Waals surface area (Å²) in [6.07, 6.45) is 5.26. The molecule has 6 heteroatoms. The molecule has 1 fully saturated rings. The standard InChI is InChI=1S/C15H25ClN4O/c1-11(2)20-15(21)14(16)13(10-18-20)17-7-4-12-5-8-19(3)9-6-12/h10-12,17H,4-9H2,1-3H3. The smallest absolute Gasteiger partial charge is 0.287 e. The Balaban J connectivity index is 1.89. The van der Waals surface area contributed by atoms with Crippen LogP contribution < -0.4 is 10.9 Å². The van der Waals surface area contributed by atoms with Gasteiger partial charge in [0.15, 0.2) is 0 Å². The van der Waals surface area contributed by atoms with E-state index < -0.39 is 0 Å². The molecular formula is C15H25ClN4O. The van der Waals surface area contributed by atoms with Crippen molar-refractivity contribution in [2.45, 2.75) is 39.2 Å². The number of piperidine rings is 1. The third-order valence-electron chi connectivity index (χ3n) is 4.14. The van der Waals surface area contributed by atoms with E-state index in [0.717, 1.165) is 18.9 Å². The Morgan fingerprint density at radius 3 is 2.71 bits per heavy atom. The zero-order valence-corrected chi connectivity index (χ0v) is 13.9. The molecule has 0 aromatic carbocycles. The van der Waals surface area contributed by atoms with Crippen molar-refractivity contribution in [3.8, 4) is 0 Å². The molecule has 2 rings (SSSR count). The molecule has 0 spiro atoms. The van der Waals surface area contributed by atoms with Crippen LogP contribution in [0, 0.1) is 5.92 Å². The second kappa shape index (κ2) is 7.27. The normalized spacial score (nSPS) is 17.4. The molecule has 0 saturated carbocycles. The van der Waals surface area contributed by atoms with Crippen LogP contribution in [0.25, 0.3) is 0 Å². The Labute approximate surface area is 131 Å². The second-order valence-electron chi connectivity index (χ2n) is 6.18. The molecule has 0 radical (unpaired) electrons. The lowest BCUT2D eigenvalue weighted by Gasteiger charge is -2.29. The third-order valence-corrected chi connectivity index (χ3v) is 4.50. The van der Waals surface area contributed by atoms with Crippen molar-refractivity contribution >= 4 is 17.3 Å². The Hall–Kier alpha value is -1.07. The highest BCUT2D eigenvalue weighted by Gasteiger charge is 2.16. The van der Waals surface area contributed by atoms with Crippen molar-refractivity contribution < 1.29 is 0 Å². The third kappa shape index (κ3) is 4.20. The Morgan fingerprint density at radius 2 is 2.10 bits per heavy atom. The Morgan fingerprint density at radius 1 is 1.43 bits per heavy atom. The molecule has 0 atom stereocenters. The van der Waals surface area contributed by atoms with Gasteiger partial charge in [0.2, 0.25) is 0 Å². The largest absolute Gasteiger partial charge is 0.382 e. The Bertz CT molecular complexity index is 521. The van der Waals surface area contributed by atoms with E-state index in [1.807, 2.05) is 13.8 Å². The number of nitrogens with one attached hydrogen (secondary N) is 1. The van der Waals surface area contributed by atoms with Crippen LogP contribution in [0.15, 0.2) is 11.0 Å². The highest BCUT2D eigenvalue weighted by atomic mass is 35.5. The molecule has 0 amide bonds. The molecule has 2 heterocycles. The van der Waals surface area contributed by atoms with Gasteiger partial charge in [-0.25, -0.2) is 4.68 Å². The summed E-state index contributed by atoms with van der Waals surface area (Å²) in [5.41, 5.74) is 0.419. The minimum atomic E-state index is -0.226. The highest BCUT2D eigenvalue weighted by Crippen LogP contribution is 2.21. The molecule has 5 nitrogen and oxygen atoms in total. The van der Waals surface area contributed by atoms with Crippen molar-refractivity contribution in [2.24, 2.45) is 5.92 Å². The lowest BCUT2D eigenvalue weighted by atomic mass is 9.94. The Kier molecular flexibility index (Phi) is 5.65. The van der Waals surface area contributed by atoms with E-state index in [2.05, 4.69) is 22.4 Å². The van der Waals surface area contributed by atoms with Crippen LogP contribution in [0.3, 0.4) is 0 Å². The molecule has 118 valence electrons. The number of nitrogens with zero attached hydrogens (tertiary/aromatic N) is 3. The average Bonchev–Trinajstić information content (AvgIpc) is 2.45. The van der Waals surface area contributed by atoms with Gasteiger partial charge in [-0.2, -0.15) is 5.10 Å². The summed E-state index contributed by atoms with van der Waals surface area (Å²) in [6, 6.07) is 0.0169. The van der Waals surface area contributed by atoms with E-state index in [9.17, 15) is 4.79 Å². The zero-order valence-electron chi connectivity index (χ0n) is 13.1. The van der Waals surface area contributed by atoms with Gasteiger partial charge in [0.1, 0.15) is 5.02 Å². The number of hydrogen-bond acceptors (Lipinski definition) is 4. The number of aromatic nitrogens is 2. The van der Waals surface area contributed by atoms with Crippen molar-refractivity contribution in [3.05, 3.63) is 21.6 Å². The van der Waals surface area contributed by atoms with Gasteiger partial charge in [0.25, 0.3) is 5.56 Å². The van der Waals surface area contributed by atoms with E-state index >= 15 is 0 Å². The van der Waals surface area contributed by atoms with Crippen LogP contribution in [0.4, 0.5) is 5.69 Å². The van der Waals surface area contributed by atoms with Crippen molar-refractivity contribution in [2.75, 3.05) is 32.0 Å². The highest BCUT2D eigenvalue weighted by molar-refractivity contribution is 6.32. The number of rotatable bonds is 5. The van der Waals surface area contributed by atoms with Gasteiger partial charge in [-0.15, -0.1) is 0 Å². The number of likely N-dealkylation sites (tertiary alicyclic amines) is 1. The number of halogens is 1. The molecule has 1 aromatic heterocycles. The van der Waals surface area contributed by atoms with Crippen LogP contribution in [-0.4, -0.2) is 41.4 Å². The van der Waals surface area contributed by atoms with Gasteiger partial charge in [0, 0.05) is 6.54 Å². The first-order chi connectivity index (χ1) is 9.99. The quantitative estimate of drug-likeness (QED) is 0.908. The molecule has 1 aliphatic rings. The first-order valence-electron chi connectivity index (χ1n) is 7.68. The summed E-state index contributed by atoms with van der Waals surface area (Å²) in [5.74, 6) is 0.761. The molecule has 0 bridgehead atoms. The number of hydrogen-bond donors (Lipinski definition) is 1. The van der Waals surface area contributed by atoms with Crippen molar-refractivity contribution in [1.29, 1.82) is 0 Å². The lowest BCUT2D eigenvalue weighted by Crippen LogP contribution is -2.31. The molecule has 21 heavy (non-hydrogen) atoms. The molecule has 0 aliphatic carbocycles. The molecule has 0 unspecified atom stereocenters. The van der Waals surface area contributed by atoms with Gasteiger partial charge in [-0.05, 0) is 59.2 Å². The van der Waals surface area contributed by atoms with Gasteiger partial charge >= 0.3 is 0 Å². The van der Waals surface area contributed by atoms with Gasteiger partial charge < -0.3 is 10.2 Å². The summed E-state index contributed by atoms with van der Waals surface area (Å²) in [6.45, 7) is 7.02. The summed E-state index contributed by atoms with van der Waals surface area (Å²) in [7, 11) is 2.17. The minimum absolute atomic E-state index is 0.0169. The summed E-state index contributed by atoms with van der Waals surface area (Å²) in [5, 5.41) is 7.66. The summed E-state index contributed by atoms with van der Waals surface area (Å²) < 4.78 is 1.41. The first-order valence-corrected chi connectivity index (χ1v) is 8.06. The molecular weight excluding hydrogens is 288 g/mol. The monoisotopic (exact) mass is 312 g/mol. The van der Waals surface area contributed by atoms with Gasteiger partial charge in [0.05, 0.1) is 17.9 Å². The maximum atomic E-state index is 12.1. The first kappa shape index (κ1) is 16.3. The predicted octanol–water partition coefficient (Wildman–Crippen LogP) is 2.62. The van der Waals surface area contributed by atoms with Crippen LogP contribution in [-0.2, 0) is 0 Å². The maximum Gasteiger partial charge on any atom is 0.287 e. The van der Waals surface area contributed by atoms with Crippen molar-refractivity contribution in [1.82, 2.24) is 14.7 Å². The minimum Gasteiger partial charge on any atom is -0.382 e. The molecule has 1 aromatic rings. The van der Waals surface area contributed by atoms with E-state index in [4.69, 9.17) is 11.6 Å². The molecule has 1 saturated heterocycles. The average molecular weight is 313 g/mol. The van der Waals surface area contributed by atoms with Crippen LogP contribution in [0.2, 0.25) is 5.02 Å². The topological polar surface area (TPSA) is 50.2 Å². The van der Waals surface area contributed by atoms with Crippen LogP contribution in [0.5, 0.6) is 0 Å². The fourth-order valence-electron chi connectivity index (χ4n) is 2.70. The lowest BCUT2D eigenvalue weighted by molar-refractivity contribution is 0.215. The fraction of sp³-hybridized carbons (Fsp3) is 0.733.